The highest BCUT2D eigenvalue weighted by atomic mass is 16.6. The molecule has 0 radical (unpaired) electrons. The summed E-state index contributed by atoms with van der Waals surface area (Å²) in [6.45, 7) is 19.5. The Hall–Kier alpha value is -1.59. The van der Waals surface area contributed by atoms with Gasteiger partial charge in [0.15, 0.2) is 0 Å². The lowest BCUT2D eigenvalue weighted by Gasteiger charge is -2.56. The van der Waals surface area contributed by atoms with Crippen LogP contribution in [0.4, 0.5) is 0 Å². The van der Waals surface area contributed by atoms with Crippen LogP contribution in [0.3, 0.4) is 0 Å². The van der Waals surface area contributed by atoms with Crippen molar-refractivity contribution in [3.63, 3.8) is 0 Å². The molecule has 0 amide bonds. The Balaban J connectivity index is 0.000000232. The lowest BCUT2D eigenvalue weighted by atomic mass is 9.54. The normalized spacial score (nSPS) is 28.1. The van der Waals surface area contributed by atoms with Gasteiger partial charge in [-0.15, -0.1) is 0 Å². The molecule has 0 aromatic carbocycles. The van der Waals surface area contributed by atoms with E-state index in [-0.39, 0.29) is 34.0 Å². The van der Waals surface area contributed by atoms with Gasteiger partial charge in [0.2, 0.25) is 0 Å². The van der Waals surface area contributed by atoms with Gasteiger partial charge < -0.3 is 14.6 Å². The minimum atomic E-state index is -0.722. The second-order valence-corrected chi connectivity index (χ2v) is 15.6. The molecule has 0 spiro atoms. The summed E-state index contributed by atoms with van der Waals surface area (Å²) >= 11 is 0. The van der Waals surface area contributed by atoms with Gasteiger partial charge in [0.1, 0.15) is 11.2 Å². The van der Waals surface area contributed by atoms with Crippen LogP contribution in [0, 0.1) is 34.0 Å². The average molecular weight is 579 g/mol. The summed E-state index contributed by atoms with van der Waals surface area (Å²) in [4.78, 5) is 34.6. The highest BCUT2D eigenvalue weighted by molar-refractivity contribution is 5.76. The van der Waals surface area contributed by atoms with Crippen molar-refractivity contribution in [2.45, 2.75) is 170 Å². The average Bonchev–Trinajstić information content (AvgIpc) is 3.37. The van der Waals surface area contributed by atoms with E-state index in [0.29, 0.717) is 6.42 Å². The van der Waals surface area contributed by atoms with E-state index in [0.717, 1.165) is 69.1 Å². The van der Waals surface area contributed by atoms with Crippen molar-refractivity contribution in [3.8, 4) is 0 Å². The van der Waals surface area contributed by atoms with E-state index in [9.17, 15) is 14.4 Å². The molecule has 0 aromatic rings. The number of rotatable bonds is 9. The minimum Gasteiger partial charge on any atom is -0.481 e. The Labute approximate surface area is 251 Å². The van der Waals surface area contributed by atoms with Crippen LogP contribution in [0.25, 0.3) is 0 Å². The molecular weight excluding hydrogens is 516 g/mol. The maximum atomic E-state index is 12.4. The molecule has 238 valence electrons. The second-order valence-electron chi connectivity index (χ2n) is 15.6. The Kier molecular flexibility index (Phi) is 12.0. The molecule has 4 bridgehead atoms. The zero-order valence-electron chi connectivity index (χ0n) is 28.1. The van der Waals surface area contributed by atoms with E-state index in [2.05, 4.69) is 13.8 Å². The monoisotopic (exact) mass is 578 g/mol. The third kappa shape index (κ3) is 9.20. The fourth-order valence-corrected chi connectivity index (χ4v) is 6.81. The quantitative estimate of drug-likeness (QED) is 0.274. The molecule has 0 aliphatic heterocycles. The Morgan fingerprint density at radius 1 is 0.659 bits per heavy atom. The molecule has 5 aliphatic carbocycles. The molecule has 0 unspecified atom stereocenters. The first kappa shape index (κ1) is 35.6. The highest BCUT2D eigenvalue weighted by Crippen LogP contribution is 2.57. The second kappa shape index (κ2) is 13.8. The maximum absolute atomic E-state index is 12.4. The number of carboxylic acid groups (broad SMARTS) is 1. The van der Waals surface area contributed by atoms with E-state index in [1.807, 2.05) is 41.5 Å². The van der Waals surface area contributed by atoms with E-state index in [4.69, 9.17) is 14.6 Å². The van der Waals surface area contributed by atoms with Crippen LogP contribution in [0.1, 0.15) is 159 Å². The minimum absolute atomic E-state index is 0.0197. The van der Waals surface area contributed by atoms with Gasteiger partial charge in [0.05, 0.1) is 16.2 Å². The number of carbonyl (C=O) groups excluding carboxylic acids is 2. The fraction of sp³-hybridized carbons (Fsp3) is 0.914. The molecule has 5 saturated carbocycles. The summed E-state index contributed by atoms with van der Waals surface area (Å²) in [5.41, 5.74) is -1.39. The third-order valence-electron chi connectivity index (χ3n) is 11.1. The van der Waals surface area contributed by atoms with E-state index in [1.54, 1.807) is 13.8 Å². The van der Waals surface area contributed by atoms with Gasteiger partial charge in [-0.3, -0.25) is 14.4 Å². The molecule has 6 nitrogen and oxygen atoms in total. The first-order chi connectivity index (χ1) is 18.9. The molecule has 1 N–H and O–H groups in total. The summed E-state index contributed by atoms with van der Waals surface area (Å²) in [6, 6.07) is 0. The number of carbonyl (C=O) groups is 3. The summed E-state index contributed by atoms with van der Waals surface area (Å²) in [5.74, 6) is 1.82. The number of hydrogen-bond acceptors (Lipinski definition) is 5. The van der Waals surface area contributed by atoms with Gasteiger partial charge in [-0.05, 0) is 149 Å². The van der Waals surface area contributed by atoms with E-state index in [1.165, 1.54) is 32.1 Å². The smallest absolute Gasteiger partial charge is 0.312 e. The predicted molar refractivity (Wildman–Crippen MR) is 164 cm³/mol. The van der Waals surface area contributed by atoms with Crippen molar-refractivity contribution in [2.24, 2.45) is 34.0 Å². The van der Waals surface area contributed by atoms with Crippen LogP contribution in [0.2, 0.25) is 0 Å². The van der Waals surface area contributed by atoms with Crippen molar-refractivity contribution in [2.75, 3.05) is 0 Å². The molecule has 0 heterocycles. The maximum Gasteiger partial charge on any atom is 0.312 e. The van der Waals surface area contributed by atoms with Crippen molar-refractivity contribution >= 4 is 17.9 Å². The number of aliphatic carboxylic acids is 1. The molecule has 41 heavy (non-hydrogen) atoms. The molecule has 5 rings (SSSR count). The largest absolute Gasteiger partial charge is 0.481 e. The standard InChI is InChI=1S/C16H26O2.C13H24O2.C6H12O2/c1-4-15(2,3)14(17)18-16-8-11-5-12(9-16)7-13(6-11)10-16;1-5-12(3,4)11(14)15-13(6-2)9-7-8-10-13;1-4-6(2,3)5(7)8/h11-13H,4-10H2,1-3H3;5-10H2,1-4H3;4H2,1-3H3,(H,7,8). The zero-order valence-corrected chi connectivity index (χ0v) is 28.1. The van der Waals surface area contributed by atoms with Crippen LogP contribution in [0.15, 0.2) is 0 Å². The third-order valence-corrected chi connectivity index (χ3v) is 11.1. The van der Waals surface area contributed by atoms with Gasteiger partial charge in [0.25, 0.3) is 0 Å². The molecule has 0 aromatic heterocycles. The molecule has 5 fully saturated rings. The SMILES string of the molecule is CCC(C)(C)C(=O)O.CCC(C)(C)C(=O)OC12CC3CC(CC(C3)C1)C2.CCC1(OC(=O)C(C)(C)CC)CCCC1. The molecule has 0 saturated heterocycles. The number of esters is 2. The van der Waals surface area contributed by atoms with Crippen molar-refractivity contribution in [3.05, 3.63) is 0 Å². The predicted octanol–water partition coefficient (Wildman–Crippen LogP) is 9.13. The molecule has 0 atom stereocenters. The number of ether oxygens (including phenoxy) is 2. The van der Waals surface area contributed by atoms with E-state index >= 15 is 0 Å². The van der Waals surface area contributed by atoms with Gasteiger partial charge >= 0.3 is 17.9 Å². The van der Waals surface area contributed by atoms with Crippen molar-refractivity contribution in [1.29, 1.82) is 0 Å². The summed E-state index contributed by atoms with van der Waals surface area (Å²) in [7, 11) is 0. The van der Waals surface area contributed by atoms with Crippen molar-refractivity contribution < 1.29 is 29.0 Å². The van der Waals surface area contributed by atoms with Crippen LogP contribution in [-0.2, 0) is 23.9 Å². The van der Waals surface area contributed by atoms with Crippen LogP contribution < -0.4 is 0 Å². The van der Waals surface area contributed by atoms with Crippen LogP contribution in [0.5, 0.6) is 0 Å². The summed E-state index contributed by atoms with van der Waals surface area (Å²) in [6.07, 6.45) is 15.5. The first-order valence-corrected chi connectivity index (χ1v) is 16.6. The summed E-state index contributed by atoms with van der Waals surface area (Å²) < 4.78 is 11.8. The first-order valence-electron chi connectivity index (χ1n) is 16.6. The molecule has 5 aliphatic rings. The summed E-state index contributed by atoms with van der Waals surface area (Å²) in [5, 5.41) is 8.44. The van der Waals surface area contributed by atoms with Gasteiger partial charge in [-0.25, -0.2) is 0 Å². The van der Waals surface area contributed by atoms with E-state index < -0.39 is 11.4 Å². The van der Waals surface area contributed by atoms with Gasteiger partial charge in [-0.1, -0.05) is 27.7 Å². The molecular formula is C35H62O6. The number of carboxylic acids is 1. The fourth-order valence-electron chi connectivity index (χ4n) is 6.81. The lowest BCUT2D eigenvalue weighted by molar-refractivity contribution is -0.196. The van der Waals surface area contributed by atoms with Crippen LogP contribution in [-0.4, -0.2) is 34.2 Å². The topological polar surface area (TPSA) is 89.9 Å². The number of hydrogen-bond donors (Lipinski definition) is 1. The van der Waals surface area contributed by atoms with Gasteiger partial charge in [-0.2, -0.15) is 0 Å². The Morgan fingerprint density at radius 2 is 1.02 bits per heavy atom. The van der Waals surface area contributed by atoms with Gasteiger partial charge in [0, 0.05) is 0 Å². The highest BCUT2D eigenvalue weighted by Gasteiger charge is 2.54. The Bertz CT molecular complexity index is 857. The Morgan fingerprint density at radius 3 is 1.32 bits per heavy atom. The zero-order chi connectivity index (χ0) is 31.3. The van der Waals surface area contributed by atoms with Crippen LogP contribution >= 0.6 is 0 Å². The van der Waals surface area contributed by atoms with Crippen molar-refractivity contribution in [1.82, 2.24) is 0 Å². The molecule has 6 heteroatoms. The lowest BCUT2D eigenvalue weighted by Crippen LogP contribution is -2.53.